The Kier molecular flexibility index (Phi) is 4.20. The van der Waals surface area contributed by atoms with Crippen molar-refractivity contribution in [2.75, 3.05) is 10.5 Å². The maximum Gasteiger partial charge on any atom is 0.265 e. The number of anilines is 2. The van der Waals surface area contributed by atoms with Crippen molar-refractivity contribution in [2.24, 2.45) is 0 Å². The number of benzene rings is 2. The summed E-state index contributed by atoms with van der Waals surface area (Å²) in [6, 6.07) is 6.46. The zero-order chi connectivity index (χ0) is 15.8. The lowest BCUT2D eigenvalue weighted by Crippen LogP contribution is -2.16. The van der Waals surface area contributed by atoms with E-state index in [-0.39, 0.29) is 11.4 Å². The van der Waals surface area contributed by atoms with Crippen LogP contribution >= 0.6 is 15.9 Å². The van der Waals surface area contributed by atoms with Gasteiger partial charge in [-0.05, 0) is 52.7 Å². The molecule has 0 radical (unpaired) electrons. The molecule has 3 N–H and O–H groups in total. The van der Waals surface area contributed by atoms with Gasteiger partial charge in [0.05, 0.1) is 5.69 Å². The molecule has 0 saturated carbocycles. The minimum atomic E-state index is -4.30. The zero-order valence-corrected chi connectivity index (χ0v) is 13.2. The molecule has 2 rings (SSSR count). The summed E-state index contributed by atoms with van der Waals surface area (Å²) in [6.45, 7) is 1.83. The quantitative estimate of drug-likeness (QED) is 0.806. The zero-order valence-electron chi connectivity index (χ0n) is 10.8. The van der Waals surface area contributed by atoms with Crippen molar-refractivity contribution in [3.63, 3.8) is 0 Å². The fourth-order valence-corrected chi connectivity index (χ4v) is 3.61. The number of nitrogens with one attached hydrogen (secondary N) is 1. The van der Waals surface area contributed by atoms with E-state index < -0.39 is 26.6 Å². The Morgan fingerprint density at radius 1 is 1.19 bits per heavy atom. The molecule has 0 spiro atoms. The lowest BCUT2D eigenvalue weighted by molar-refractivity contribution is 0.486. The van der Waals surface area contributed by atoms with E-state index in [1.54, 1.807) is 12.1 Å². The van der Waals surface area contributed by atoms with Crippen molar-refractivity contribution in [1.82, 2.24) is 0 Å². The predicted molar refractivity (Wildman–Crippen MR) is 80.5 cm³/mol. The third-order valence-electron chi connectivity index (χ3n) is 2.68. The predicted octanol–water partition coefficient (Wildman–Crippen LogP) is 3.42. The molecule has 112 valence electrons. The van der Waals surface area contributed by atoms with E-state index in [2.05, 4.69) is 20.7 Å². The summed E-state index contributed by atoms with van der Waals surface area (Å²) >= 11 is 3.20. The van der Waals surface area contributed by atoms with Crippen molar-refractivity contribution in [2.45, 2.75) is 11.8 Å². The number of hydrogen-bond donors (Lipinski definition) is 2. The van der Waals surface area contributed by atoms with Crippen molar-refractivity contribution >= 4 is 37.3 Å². The summed E-state index contributed by atoms with van der Waals surface area (Å²) in [4.78, 5) is -0.840. The summed E-state index contributed by atoms with van der Waals surface area (Å²) in [6.07, 6.45) is 0. The first kappa shape index (κ1) is 15.7. The SMILES string of the molecule is Cc1ccc(NS(=O)(=O)c2cc(N)cc(F)c2F)c(Br)c1. The molecule has 0 bridgehead atoms. The molecule has 21 heavy (non-hydrogen) atoms. The Bertz CT molecular complexity index is 810. The van der Waals surface area contributed by atoms with Gasteiger partial charge < -0.3 is 5.73 Å². The van der Waals surface area contributed by atoms with E-state index in [0.29, 0.717) is 4.47 Å². The van der Waals surface area contributed by atoms with Gasteiger partial charge in [-0.15, -0.1) is 0 Å². The van der Waals surface area contributed by atoms with E-state index in [4.69, 9.17) is 5.73 Å². The molecule has 0 aliphatic carbocycles. The highest BCUT2D eigenvalue weighted by molar-refractivity contribution is 9.10. The fourth-order valence-electron chi connectivity index (χ4n) is 1.68. The molecule has 0 heterocycles. The molecule has 0 unspecified atom stereocenters. The van der Waals surface area contributed by atoms with Crippen LogP contribution in [-0.2, 0) is 10.0 Å². The summed E-state index contributed by atoms with van der Waals surface area (Å²) < 4.78 is 54.0. The Morgan fingerprint density at radius 2 is 1.86 bits per heavy atom. The van der Waals surface area contributed by atoms with Crippen LogP contribution in [0.3, 0.4) is 0 Å². The Hall–Kier alpha value is -1.67. The van der Waals surface area contributed by atoms with Crippen LogP contribution in [0, 0.1) is 18.6 Å². The van der Waals surface area contributed by atoms with Crippen molar-refractivity contribution in [3.05, 3.63) is 52.0 Å². The van der Waals surface area contributed by atoms with Gasteiger partial charge >= 0.3 is 0 Å². The fraction of sp³-hybridized carbons (Fsp3) is 0.0769. The Balaban J connectivity index is 2.48. The van der Waals surface area contributed by atoms with Crippen LogP contribution in [0.25, 0.3) is 0 Å². The molecule has 4 nitrogen and oxygen atoms in total. The van der Waals surface area contributed by atoms with Crippen molar-refractivity contribution in [1.29, 1.82) is 0 Å². The standard InChI is InChI=1S/C13H11BrF2N2O2S/c1-7-2-3-11(9(14)4-7)18-21(19,20)12-6-8(17)5-10(15)13(12)16/h2-6,18H,17H2,1H3. The number of sulfonamides is 1. The first-order valence-corrected chi connectivity index (χ1v) is 8.02. The van der Waals surface area contributed by atoms with Crippen LogP contribution in [0.1, 0.15) is 5.56 Å². The van der Waals surface area contributed by atoms with Crippen LogP contribution in [-0.4, -0.2) is 8.42 Å². The second-order valence-corrected chi connectivity index (χ2v) is 6.91. The van der Waals surface area contributed by atoms with E-state index in [0.717, 1.165) is 17.7 Å². The van der Waals surface area contributed by atoms with Gasteiger partial charge in [0.15, 0.2) is 11.6 Å². The number of rotatable bonds is 3. The average Bonchev–Trinajstić information content (AvgIpc) is 2.37. The highest BCUT2D eigenvalue weighted by atomic mass is 79.9. The summed E-state index contributed by atoms with van der Waals surface area (Å²) in [5.41, 5.74) is 6.30. The molecule has 0 atom stereocenters. The molecule has 2 aromatic rings. The number of halogens is 3. The van der Waals surface area contributed by atoms with E-state index >= 15 is 0 Å². The maximum absolute atomic E-state index is 13.7. The van der Waals surface area contributed by atoms with Gasteiger partial charge in [-0.2, -0.15) is 0 Å². The highest BCUT2D eigenvalue weighted by Crippen LogP contribution is 2.28. The van der Waals surface area contributed by atoms with Gasteiger partial charge in [0.1, 0.15) is 4.90 Å². The Labute approximate surface area is 129 Å². The normalized spacial score (nSPS) is 11.4. The topological polar surface area (TPSA) is 72.2 Å². The van der Waals surface area contributed by atoms with E-state index in [1.807, 2.05) is 6.92 Å². The van der Waals surface area contributed by atoms with Gasteiger partial charge in [0, 0.05) is 10.2 Å². The smallest absolute Gasteiger partial charge is 0.265 e. The second kappa shape index (κ2) is 5.61. The maximum atomic E-state index is 13.7. The van der Waals surface area contributed by atoms with Crippen molar-refractivity contribution in [3.8, 4) is 0 Å². The minimum absolute atomic E-state index is 0.183. The van der Waals surface area contributed by atoms with E-state index in [9.17, 15) is 17.2 Å². The first-order chi connectivity index (χ1) is 9.70. The van der Waals surface area contributed by atoms with Crippen LogP contribution < -0.4 is 10.5 Å². The molecule has 8 heteroatoms. The van der Waals surface area contributed by atoms with Crippen LogP contribution in [0.5, 0.6) is 0 Å². The van der Waals surface area contributed by atoms with Crippen molar-refractivity contribution < 1.29 is 17.2 Å². The number of hydrogen-bond acceptors (Lipinski definition) is 3. The molecule has 0 saturated heterocycles. The van der Waals surface area contributed by atoms with Gasteiger partial charge in [0.25, 0.3) is 10.0 Å². The lowest BCUT2D eigenvalue weighted by atomic mass is 10.2. The average molecular weight is 377 g/mol. The summed E-state index contributed by atoms with van der Waals surface area (Å²) in [5, 5.41) is 0. The minimum Gasteiger partial charge on any atom is -0.399 e. The number of aryl methyl sites for hydroxylation is 1. The largest absolute Gasteiger partial charge is 0.399 e. The second-order valence-electron chi connectivity index (χ2n) is 4.40. The molecule has 0 amide bonds. The van der Waals surface area contributed by atoms with Gasteiger partial charge in [-0.1, -0.05) is 6.07 Å². The molecule has 2 aromatic carbocycles. The Morgan fingerprint density at radius 3 is 2.48 bits per heavy atom. The lowest BCUT2D eigenvalue weighted by Gasteiger charge is -2.11. The molecule has 0 aliphatic rings. The van der Waals surface area contributed by atoms with Gasteiger partial charge in [-0.25, -0.2) is 17.2 Å². The molecule has 0 aromatic heterocycles. The van der Waals surface area contributed by atoms with Crippen LogP contribution in [0.4, 0.5) is 20.2 Å². The number of nitrogen functional groups attached to an aromatic ring is 1. The van der Waals surface area contributed by atoms with Gasteiger partial charge in [0.2, 0.25) is 0 Å². The van der Waals surface area contributed by atoms with E-state index in [1.165, 1.54) is 6.07 Å². The summed E-state index contributed by atoms with van der Waals surface area (Å²) in [5.74, 6) is -2.79. The molecular formula is C13H11BrF2N2O2S. The third kappa shape index (κ3) is 3.33. The third-order valence-corrected chi connectivity index (χ3v) is 4.70. The monoisotopic (exact) mass is 376 g/mol. The highest BCUT2D eigenvalue weighted by Gasteiger charge is 2.23. The molecular weight excluding hydrogens is 366 g/mol. The number of nitrogens with two attached hydrogens (primary N) is 1. The molecule has 0 aliphatic heterocycles. The molecule has 0 fully saturated rings. The van der Waals surface area contributed by atoms with Gasteiger partial charge in [-0.3, -0.25) is 4.72 Å². The van der Waals surface area contributed by atoms with Crippen LogP contribution in [0.15, 0.2) is 39.7 Å². The first-order valence-electron chi connectivity index (χ1n) is 5.74. The van der Waals surface area contributed by atoms with Crippen LogP contribution in [0.2, 0.25) is 0 Å². The summed E-state index contributed by atoms with van der Waals surface area (Å²) in [7, 11) is -4.30.